The topological polar surface area (TPSA) is 102 Å². The van der Waals surface area contributed by atoms with Crippen molar-refractivity contribution in [1.29, 1.82) is 0 Å². The number of hydrogen-bond donors (Lipinski definition) is 0. The van der Waals surface area contributed by atoms with Crippen molar-refractivity contribution in [2.45, 2.75) is 206 Å². The van der Waals surface area contributed by atoms with Crippen LogP contribution in [0.5, 0.6) is 0 Å². The molecule has 0 aliphatic heterocycles. The summed E-state index contributed by atoms with van der Waals surface area (Å²) in [6, 6.07) is -0.725. The lowest BCUT2D eigenvalue weighted by atomic mass is 10.0. The Labute approximate surface area is 350 Å². The summed E-state index contributed by atoms with van der Waals surface area (Å²) in [6.07, 6.45) is 47.1. The van der Waals surface area contributed by atoms with Gasteiger partial charge >= 0.3 is 11.9 Å². The van der Waals surface area contributed by atoms with E-state index in [4.69, 9.17) is 14.2 Å². The van der Waals surface area contributed by atoms with Gasteiger partial charge in [0, 0.05) is 19.3 Å². The van der Waals surface area contributed by atoms with Gasteiger partial charge in [-0.2, -0.15) is 0 Å². The molecule has 2 unspecified atom stereocenters. The van der Waals surface area contributed by atoms with Gasteiger partial charge in [-0.1, -0.05) is 172 Å². The van der Waals surface area contributed by atoms with Gasteiger partial charge in [0.1, 0.15) is 12.6 Å². The number of carboxylic acid groups (broad SMARTS) is 1. The average Bonchev–Trinajstić information content (AvgIpc) is 3.17. The molecule has 330 valence electrons. The fourth-order valence-electron chi connectivity index (χ4n) is 6.65. The largest absolute Gasteiger partial charge is 0.544 e. The molecular formula is C49H87NO7. The van der Waals surface area contributed by atoms with E-state index in [0.717, 1.165) is 64.2 Å². The number of quaternary nitrogens is 1. The van der Waals surface area contributed by atoms with Gasteiger partial charge in [0.2, 0.25) is 0 Å². The molecule has 0 heterocycles. The van der Waals surface area contributed by atoms with Crippen molar-refractivity contribution in [1.82, 2.24) is 0 Å². The van der Waals surface area contributed by atoms with Gasteiger partial charge in [-0.15, -0.1) is 0 Å². The molecular weight excluding hydrogens is 715 g/mol. The third-order valence-corrected chi connectivity index (χ3v) is 10.2. The molecule has 2 atom stereocenters. The van der Waals surface area contributed by atoms with Gasteiger partial charge in [0.25, 0.3) is 0 Å². The number of allylic oxidation sites excluding steroid dienone is 8. The molecule has 8 nitrogen and oxygen atoms in total. The van der Waals surface area contributed by atoms with Crippen molar-refractivity contribution < 1.29 is 38.2 Å². The zero-order chi connectivity index (χ0) is 42.1. The van der Waals surface area contributed by atoms with Crippen LogP contribution < -0.4 is 5.11 Å². The number of nitrogens with zero attached hydrogens (tertiary/aromatic N) is 1. The Bertz CT molecular complexity index is 1070. The minimum atomic E-state index is -1.13. The summed E-state index contributed by atoms with van der Waals surface area (Å²) in [7, 11) is 5.41. The Kier molecular flexibility index (Phi) is 38.2. The molecule has 0 N–H and O–H groups in total. The fraction of sp³-hybridized carbons (Fsp3) is 0.776. The van der Waals surface area contributed by atoms with Crippen LogP contribution >= 0.6 is 0 Å². The highest BCUT2D eigenvalue weighted by molar-refractivity contribution is 5.70. The van der Waals surface area contributed by atoms with E-state index >= 15 is 0 Å². The number of rotatable bonds is 41. The molecule has 0 aromatic carbocycles. The Morgan fingerprint density at radius 2 is 0.982 bits per heavy atom. The highest BCUT2D eigenvalue weighted by Gasteiger charge is 2.25. The lowest BCUT2D eigenvalue weighted by molar-refractivity contribution is -0.889. The average molecular weight is 802 g/mol. The minimum absolute atomic E-state index is 0.0403. The molecule has 8 heteroatoms. The van der Waals surface area contributed by atoms with Crippen molar-refractivity contribution in [3.05, 3.63) is 48.6 Å². The zero-order valence-corrected chi connectivity index (χ0v) is 37.5. The van der Waals surface area contributed by atoms with Crippen LogP contribution in [0.1, 0.15) is 194 Å². The summed E-state index contributed by atoms with van der Waals surface area (Å²) >= 11 is 0. The van der Waals surface area contributed by atoms with Gasteiger partial charge in [-0.05, 0) is 51.4 Å². The summed E-state index contributed by atoms with van der Waals surface area (Å²) < 4.78 is 17.2. The van der Waals surface area contributed by atoms with Crippen LogP contribution in [0.2, 0.25) is 0 Å². The second-order valence-electron chi connectivity index (χ2n) is 16.6. The van der Waals surface area contributed by atoms with Crippen molar-refractivity contribution in [2.24, 2.45) is 0 Å². The van der Waals surface area contributed by atoms with E-state index in [1.165, 1.54) is 96.3 Å². The lowest BCUT2D eigenvalue weighted by Crippen LogP contribution is -2.55. The first-order chi connectivity index (χ1) is 27.6. The lowest BCUT2D eigenvalue weighted by Gasteiger charge is -2.34. The summed E-state index contributed by atoms with van der Waals surface area (Å²) in [6.45, 7) is 4.54. The highest BCUT2D eigenvalue weighted by atomic mass is 16.6. The Balaban J connectivity index is 4.22. The zero-order valence-electron chi connectivity index (χ0n) is 37.5. The van der Waals surface area contributed by atoms with Crippen molar-refractivity contribution in [2.75, 3.05) is 41.0 Å². The second-order valence-corrected chi connectivity index (χ2v) is 16.6. The number of unbranched alkanes of at least 4 members (excludes halogenated alkanes) is 19. The van der Waals surface area contributed by atoms with Crippen LogP contribution in [0.15, 0.2) is 48.6 Å². The van der Waals surface area contributed by atoms with Gasteiger partial charge in [-0.25, -0.2) is 0 Å². The number of ether oxygens (including phenoxy) is 3. The van der Waals surface area contributed by atoms with Gasteiger partial charge in [0.05, 0.1) is 40.3 Å². The van der Waals surface area contributed by atoms with E-state index in [-0.39, 0.29) is 42.7 Å². The molecule has 0 aliphatic carbocycles. The molecule has 0 spiro atoms. The molecule has 0 radical (unpaired) electrons. The maximum absolute atomic E-state index is 12.7. The summed E-state index contributed by atoms with van der Waals surface area (Å²) in [4.78, 5) is 36.8. The molecule has 0 amide bonds. The third kappa shape index (κ3) is 38.6. The molecule has 57 heavy (non-hydrogen) atoms. The predicted octanol–water partition coefficient (Wildman–Crippen LogP) is 11.5. The van der Waals surface area contributed by atoms with Crippen LogP contribution in [-0.2, 0) is 28.6 Å². The van der Waals surface area contributed by atoms with E-state index in [1.807, 2.05) is 0 Å². The molecule has 0 bridgehead atoms. The standard InChI is InChI=1S/C49H87NO7/c1-6-8-10-12-14-16-18-19-20-21-22-23-24-25-26-27-28-29-30-32-34-36-38-40-48(52)57-45(43-55-42-41-46(49(53)54)50(3,4)5)44-56-47(51)39-37-35-33-31-17-15-13-11-9-7-2/h8,10,14,16,19-20,22-23,45-46H,6-7,9,11-13,15,17-18,21,24-44H2,1-5H3/b10-8-,16-14-,20-19-,23-22-. The predicted molar refractivity (Wildman–Crippen MR) is 236 cm³/mol. The van der Waals surface area contributed by atoms with Gasteiger partial charge in [-0.3, -0.25) is 9.59 Å². The summed E-state index contributed by atoms with van der Waals surface area (Å²) in [5.74, 6) is -1.74. The number of carboxylic acids is 1. The molecule has 0 fully saturated rings. The fourth-order valence-corrected chi connectivity index (χ4v) is 6.65. The van der Waals surface area contributed by atoms with Crippen molar-refractivity contribution in [3.63, 3.8) is 0 Å². The normalized spacial score (nSPS) is 13.4. The van der Waals surface area contributed by atoms with E-state index in [2.05, 4.69) is 62.5 Å². The number of hydrogen-bond acceptors (Lipinski definition) is 7. The highest BCUT2D eigenvalue weighted by Crippen LogP contribution is 2.15. The van der Waals surface area contributed by atoms with Crippen molar-refractivity contribution in [3.8, 4) is 0 Å². The molecule has 0 aromatic heterocycles. The number of likely N-dealkylation sites (N-methyl/N-ethyl adjacent to an activating group) is 1. The van der Waals surface area contributed by atoms with Gasteiger partial charge < -0.3 is 28.6 Å². The minimum Gasteiger partial charge on any atom is -0.544 e. The van der Waals surface area contributed by atoms with Crippen LogP contribution in [0.25, 0.3) is 0 Å². The van der Waals surface area contributed by atoms with E-state index in [9.17, 15) is 19.5 Å². The quantitative estimate of drug-likeness (QED) is 0.0262. The van der Waals surface area contributed by atoms with Crippen LogP contribution in [-0.4, -0.2) is 75.5 Å². The number of carbonyl (C=O) groups excluding carboxylic acids is 3. The second kappa shape index (κ2) is 40.1. The van der Waals surface area contributed by atoms with Crippen LogP contribution in [0, 0.1) is 0 Å². The first-order valence-corrected chi connectivity index (χ1v) is 23.2. The maximum Gasteiger partial charge on any atom is 0.306 e. The summed E-state index contributed by atoms with van der Waals surface area (Å²) in [5.41, 5.74) is 0. The smallest absolute Gasteiger partial charge is 0.306 e. The number of aliphatic carboxylic acids is 1. The monoisotopic (exact) mass is 802 g/mol. The Morgan fingerprint density at radius 3 is 1.46 bits per heavy atom. The first-order valence-electron chi connectivity index (χ1n) is 23.2. The SMILES string of the molecule is CC/C=C\C/C=C\C/C=C\C/C=C\CCCCCCCCCCCCC(=O)OC(COCCC(C(=O)[O-])[N+](C)(C)C)COC(=O)CCCCCCCCCCCC. The Morgan fingerprint density at radius 1 is 0.544 bits per heavy atom. The number of esters is 2. The third-order valence-electron chi connectivity index (χ3n) is 10.2. The molecule has 0 aliphatic rings. The first kappa shape index (κ1) is 54.3. The Hall–Kier alpha value is -2.71. The van der Waals surface area contributed by atoms with Crippen LogP contribution in [0.3, 0.4) is 0 Å². The summed E-state index contributed by atoms with van der Waals surface area (Å²) in [5, 5.41) is 11.6. The number of carbonyl (C=O) groups is 3. The van der Waals surface area contributed by atoms with E-state index in [0.29, 0.717) is 12.8 Å². The van der Waals surface area contributed by atoms with E-state index < -0.39 is 18.1 Å². The van der Waals surface area contributed by atoms with Crippen LogP contribution in [0.4, 0.5) is 0 Å². The maximum atomic E-state index is 12.7. The van der Waals surface area contributed by atoms with Gasteiger partial charge in [0.15, 0.2) is 6.10 Å². The van der Waals surface area contributed by atoms with Crippen molar-refractivity contribution >= 4 is 17.9 Å². The molecule has 0 aromatic rings. The molecule has 0 saturated heterocycles. The molecule has 0 rings (SSSR count). The van der Waals surface area contributed by atoms with E-state index in [1.54, 1.807) is 21.1 Å². The molecule has 0 saturated carbocycles.